The fraction of sp³-hybridized carbons (Fsp3) is 0.318. The maximum Gasteiger partial charge on any atom is 0.267 e. The van der Waals surface area contributed by atoms with Crippen LogP contribution < -0.4 is 5.56 Å². The van der Waals surface area contributed by atoms with E-state index in [9.17, 15) is 9.59 Å². The Morgan fingerprint density at radius 2 is 1.82 bits per heavy atom. The predicted molar refractivity (Wildman–Crippen MR) is 111 cm³/mol. The number of amides is 1. The Morgan fingerprint density at radius 1 is 1.04 bits per heavy atom. The van der Waals surface area contributed by atoms with Crippen LogP contribution in [0.5, 0.6) is 0 Å². The van der Waals surface area contributed by atoms with Gasteiger partial charge in [0, 0.05) is 19.2 Å². The second kappa shape index (κ2) is 8.52. The summed E-state index contributed by atoms with van der Waals surface area (Å²) < 4.78 is 1.29. The summed E-state index contributed by atoms with van der Waals surface area (Å²) in [4.78, 5) is 27.7. The molecule has 1 saturated heterocycles. The number of benzene rings is 1. The minimum Gasteiger partial charge on any atom is -0.341 e. The molecule has 144 valence electrons. The number of rotatable bonds is 5. The maximum absolute atomic E-state index is 12.7. The number of aromatic nitrogens is 2. The largest absolute Gasteiger partial charge is 0.341 e. The van der Waals surface area contributed by atoms with E-state index in [1.807, 2.05) is 28.5 Å². The lowest BCUT2D eigenvalue weighted by molar-refractivity contribution is -0.133. The average Bonchev–Trinajstić information content (AvgIpc) is 3.26. The van der Waals surface area contributed by atoms with Gasteiger partial charge in [-0.05, 0) is 48.3 Å². The Bertz CT molecular complexity index is 975. The van der Waals surface area contributed by atoms with Crippen molar-refractivity contribution in [3.8, 4) is 10.6 Å². The predicted octanol–water partition coefficient (Wildman–Crippen LogP) is 3.45. The molecule has 1 aliphatic heterocycles. The van der Waals surface area contributed by atoms with Crippen LogP contribution >= 0.6 is 11.3 Å². The number of carbonyl (C=O) groups is 1. The van der Waals surface area contributed by atoms with E-state index in [0.717, 1.165) is 42.9 Å². The molecule has 0 spiro atoms. The standard InChI is InChI=1S/C22H23N3O2S/c26-21-9-8-19(20-7-4-14-28-20)23-25(21)16-22(27)24-12-10-18(11-13-24)15-17-5-2-1-3-6-17/h1-9,14,18H,10-13,15-16H2. The first-order valence-electron chi connectivity index (χ1n) is 9.63. The topological polar surface area (TPSA) is 55.2 Å². The maximum atomic E-state index is 12.7. The van der Waals surface area contributed by atoms with Gasteiger partial charge in [0.2, 0.25) is 5.91 Å². The van der Waals surface area contributed by atoms with Gasteiger partial charge in [-0.25, -0.2) is 4.68 Å². The Balaban J connectivity index is 1.36. The zero-order chi connectivity index (χ0) is 19.3. The molecule has 5 nitrogen and oxygen atoms in total. The van der Waals surface area contributed by atoms with Crippen LogP contribution in [0.4, 0.5) is 0 Å². The molecule has 1 aromatic carbocycles. The highest BCUT2D eigenvalue weighted by Gasteiger charge is 2.23. The van der Waals surface area contributed by atoms with Crippen molar-refractivity contribution in [2.24, 2.45) is 5.92 Å². The molecule has 0 saturated carbocycles. The fourth-order valence-electron chi connectivity index (χ4n) is 3.68. The van der Waals surface area contributed by atoms with E-state index < -0.39 is 0 Å². The van der Waals surface area contributed by atoms with Gasteiger partial charge < -0.3 is 4.90 Å². The molecule has 0 unspecified atom stereocenters. The summed E-state index contributed by atoms with van der Waals surface area (Å²) in [6, 6.07) is 17.6. The van der Waals surface area contributed by atoms with Crippen molar-refractivity contribution in [3.05, 3.63) is 75.9 Å². The number of hydrogen-bond acceptors (Lipinski definition) is 4. The van der Waals surface area contributed by atoms with Gasteiger partial charge >= 0.3 is 0 Å². The molecule has 1 aliphatic rings. The lowest BCUT2D eigenvalue weighted by Gasteiger charge is -2.32. The molecule has 0 atom stereocenters. The number of thiophene rings is 1. The van der Waals surface area contributed by atoms with Crippen LogP contribution in [0.3, 0.4) is 0 Å². The van der Waals surface area contributed by atoms with Gasteiger partial charge in [-0.1, -0.05) is 36.4 Å². The van der Waals surface area contributed by atoms with Gasteiger partial charge in [0.1, 0.15) is 12.2 Å². The Labute approximate surface area is 168 Å². The van der Waals surface area contributed by atoms with Crippen LogP contribution in [-0.2, 0) is 17.8 Å². The van der Waals surface area contributed by atoms with E-state index in [1.54, 1.807) is 17.4 Å². The summed E-state index contributed by atoms with van der Waals surface area (Å²) in [7, 11) is 0. The number of nitrogens with zero attached hydrogens (tertiary/aromatic N) is 3. The normalized spacial score (nSPS) is 14.9. The molecule has 0 aliphatic carbocycles. The monoisotopic (exact) mass is 393 g/mol. The molecule has 1 amide bonds. The molecule has 3 heterocycles. The molecular weight excluding hydrogens is 370 g/mol. The Hall–Kier alpha value is -2.73. The van der Waals surface area contributed by atoms with Gasteiger partial charge in [-0.2, -0.15) is 5.10 Å². The summed E-state index contributed by atoms with van der Waals surface area (Å²) in [5.41, 5.74) is 1.84. The molecule has 6 heteroatoms. The first-order chi connectivity index (χ1) is 13.7. The van der Waals surface area contributed by atoms with Crippen molar-refractivity contribution in [2.45, 2.75) is 25.8 Å². The summed E-state index contributed by atoms with van der Waals surface area (Å²) in [6.07, 6.45) is 3.06. The van der Waals surface area contributed by atoms with Crippen LogP contribution in [0.2, 0.25) is 0 Å². The minimum absolute atomic E-state index is 0.00139. The third-order valence-corrected chi connectivity index (χ3v) is 6.15. The van der Waals surface area contributed by atoms with Crippen molar-refractivity contribution in [1.29, 1.82) is 0 Å². The molecule has 1 fully saturated rings. The summed E-state index contributed by atoms with van der Waals surface area (Å²) >= 11 is 1.57. The first-order valence-corrected chi connectivity index (χ1v) is 10.5. The van der Waals surface area contributed by atoms with Crippen LogP contribution in [0.25, 0.3) is 10.6 Å². The molecule has 2 aromatic heterocycles. The van der Waals surface area contributed by atoms with E-state index in [2.05, 4.69) is 29.4 Å². The molecule has 0 bridgehead atoms. The highest BCUT2D eigenvalue weighted by molar-refractivity contribution is 7.13. The van der Waals surface area contributed by atoms with Gasteiger partial charge in [-0.3, -0.25) is 9.59 Å². The average molecular weight is 394 g/mol. The minimum atomic E-state index is -0.243. The lowest BCUT2D eigenvalue weighted by atomic mass is 9.90. The highest BCUT2D eigenvalue weighted by Crippen LogP contribution is 2.23. The van der Waals surface area contributed by atoms with E-state index >= 15 is 0 Å². The van der Waals surface area contributed by atoms with E-state index in [0.29, 0.717) is 5.92 Å². The second-order valence-corrected chi connectivity index (χ2v) is 8.15. The van der Waals surface area contributed by atoms with Crippen molar-refractivity contribution in [2.75, 3.05) is 13.1 Å². The number of likely N-dealkylation sites (tertiary alicyclic amines) is 1. The summed E-state index contributed by atoms with van der Waals surface area (Å²) in [5.74, 6) is 0.575. The molecule has 0 radical (unpaired) electrons. The molecule has 0 N–H and O–H groups in total. The number of piperidine rings is 1. The summed E-state index contributed by atoms with van der Waals surface area (Å²) in [5, 5.41) is 6.36. The highest BCUT2D eigenvalue weighted by atomic mass is 32.1. The Kier molecular flexibility index (Phi) is 5.67. The zero-order valence-corrected chi connectivity index (χ0v) is 16.5. The van der Waals surface area contributed by atoms with E-state index in [-0.39, 0.29) is 18.0 Å². The van der Waals surface area contributed by atoms with E-state index in [4.69, 9.17) is 0 Å². The van der Waals surface area contributed by atoms with Gasteiger partial charge in [0.25, 0.3) is 5.56 Å². The SMILES string of the molecule is O=C(Cn1nc(-c2cccs2)ccc1=O)N1CCC(Cc2ccccc2)CC1. The van der Waals surface area contributed by atoms with Crippen LogP contribution in [0.1, 0.15) is 18.4 Å². The smallest absolute Gasteiger partial charge is 0.267 e. The van der Waals surface area contributed by atoms with Crippen molar-refractivity contribution < 1.29 is 4.79 Å². The van der Waals surface area contributed by atoms with Crippen molar-refractivity contribution in [3.63, 3.8) is 0 Å². The van der Waals surface area contributed by atoms with Crippen LogP contribution in [-0.4, -0.2) is 33.7 Å². The van der Waals surface area contributed by atoms with Gasteiger partial charge in [-0.15, -0.1) is 11.3 Å². The fourth-order valence-corrected chi connectivity index (χ4v) is 4.37. The lowest BCUT2D eigenvalue weighted by Crippen LogP contribution is -2.42. The van der Waals surface area contributed by atoms with Crippen molar-refractivity contribution in [1.82, 2.24) is 14.7 Å². The van der Waals surface area contributed by atoms with Crippen molar-refractivity contribution >= 4 is 17.2 Å². The molecular formula is C22H23N3O2S. The molecule has 4 rings (SSSR count). The second-order valence-electron chi connectivity index (χ2n) is 7.21. The Morgan fingerprint density at radius 3 is 2.54 bits per heavy atom. The quantitative estimate of drug-likeness (QED) is 0.667. The number of carbonyl (C=O) groups excluding carboxylic acids is 1. The third kappa shape index (κ3) is 4.39. The molecule has 28 heavy (non-hydrogen) atoms. The zero-order valence-electron chi connectivity index (χ0n) is 15.7. The van der Waals surface area contributed by atoms with Crippen LogP contribution in [0.15, 0.2) is 64.8 Å². The van der Waals surface area contributed by atoms with E-state index in [1.165, 1.54) is 16.3 Å². The summed E-state index contributed by atoms with van der Waals surface area (Å²) in [6.45, 7) is 1.49. The number of hydrogen-bond donors (Lipinski definition) is 0. The van der Waals surface area contributed by atoms with Gasteiger partial charge in [0.05, 0.1) is 4.88 Å². The van der Waals surface area contributed by atoms with Gasteiger partial charge in [0.15, 0.2) is 0 Å². The molecule has 3 aromatic rings. The van der Waals surface area contributed by atoms with Crippen LogP contribution in [0, 0.1) is 5.92 Å². The third-order valence-electron chi connectivity index (χ3n) is 5.26. The first kappa shape index (κ1) is 18.6.